The van der Waals surface area contributed by atoms with Gasteiger partial charge in [0.1, 0.15) is 36.6 Å². The van der Waals surface area contributed by atoms with Crippen molar-refractivity contribution in [3.8, 4) is 0 Å². The SMILES string of the molecule is CCCCCCCCCCCCCCCCCC(O)C(O)C(COC1OC(CO)C(O)C(O)C1O)NC(=O)C(O)CCCCCCCCCCCC. The van der Waals surface area contributed by atoms with Gasteiger partial charge in [0.25, 0.3) is 0 Å². The number of carbonyl (C=O) groups excluding carboxylic acids is 1. The molecule has 0 saturated carbocycles. The first-order valence-corrected chi connectivity index (χ1v) is 21.4. The Morgan fingerprint density at radius 2 is 1.00 bits per heavy atom. The van der Waals surface area contributed by atoms with Crippen molar-refractivity contribution in [3.05, 3.63) is 0 Å². The molecule has 9 atom stereocenters. The van der Waals surface area contributed by atoms with E-state index in [1.807, 2.05) is 0 Å². The van der Waals surface area contributed by atoms with E-state index in [2.05, 4.69) is 19.2 Å². The van der Waals surface area contributed by atoms with E-state index in [1.165, 1.54) is 109 Å². The maximum absolute atomic E-state index is 13.0. The van der Waals surface area contributed by atoms with Crippen LogP contribution in [0.5, 0.6) is 0 Å². The first kappa shape index (κ1) is 49.1. The van der Waals surface area contributed by atoms with Gasteiger partial charge in [0.2, 0.25) is 5.91 Å². The van der Waals surface area contributed by atoms with E-state index in [-0.39, 0.29) is 6.42 Å². The fourth-order valence-electron chi connectivity index (χ4n) is 7.03. The number of aliphatic hydroxyl groups is 7. The highest BCUT2D eigenvalue weighted by atomic mass is 16.7. The summed E-state index contributed by atoms with van der Waals surface area (Å²) in [5, 5.41) is 75.4. The number of amides is 1. The summed E-state index contributed by atoms with van der Waals surface area (Å²) in [7, 11) is 0. The minimum atomic E-state index is -1.65. The fourth-order valence-corrected chi connectivity index (χ4v) is 7.03. The third kappa shape index (κ3) is 22.5. The average molecular weight is 748 g/mol. The van der Waals surface area contributed by atoms with Crippen molar-refractivity contribution in [1.29, 1.82) is 0 Å². The second-order valence-corrected chi connectivity index (χ2v) is 15.4. The molecule has 0 radical (unpaired) electrons. The van der Waals surface area contributed by atoms with Gasteiger partial charge in [0, 0.05) is 0 Å². The molecule has 0 aromatic heterocycles. The van der Waals surface area contributed by atoms with Crippen LogP contribution in [0, 0.1) is 0 Å². The molecular formula is C41H81NO10. The van der Waals surface area contributed by atoms with Crippen LogP contribution in [0.25, 0.3) is 0 Å². The second kappa shape index (κ2) is 32.4. The van der Waals surface area contributed by atoms with Crippen molar-refractivity contribution >= 4 is 5.91 Å². The monoisotopic (exact) mass is 748 g/mol. The molecule has 0 aliphatic carbocycles. The van der Waals surface area contributed by atoms with Crippen LogP contribution in [-0.4, -0.2) is 110 Å². The Hall–Kier alpha value is -0.890. The maximum atomic E-state index is 13.0. The van der Waals surface area contributed by atoms with Crippen LogP contribution in [0.15, 0.2) is 0 Å². The van der Waals surface area contributed by atoms with Gasteiger partial charge in [-0.1, -0.05) is 174 Å². The van der Waals surface area contributed by atoms with Crippen molar-refractivity contribution in [3.63, 3.8) is 0 Å². The number of rotatable bonds is 35. The van der Waals surface area contributed by atoms with E-state index in [9.17, 15) is 40.5 Å². The normalized spacial score (nSPS) is 23.0. The molecule has 11 nitrogen and oxygen atoms in total. The molecule has 9 unspecified atom stereocenters. The zero-order chi connectivity index (χ0) is 38.4. The van der Waals surface area contributed by atoms with Gasteiger partial charge < -0.3 is 50.5 Å². The van der Waals surface area contributed by atoms with E-state index < -0.39 is 74.2 Å². The summed E-state index contributed by atoms with van der Waals surface area (Å²) in [4.78, 5) is 13.0. The molecular weight excluding hydrogens is 666 g/mol. The maximum Gasteiger partial charge on any atom is 0.249 e. The lowest BCUT2D eigenvalue weighted by atomic mass is 9.98. The van der Waals surface area contributed by atoms with E-state index in [0.29, 0.717) is 19.3 Å². The molecule has 310 valence electrons. The smallest absolute Gasteiger partial charge is 0.249 e. The molecule has 0 aromatic rings. The number of unbranched alkanes of at least 4 members (excludes halogenated alkanes) is 23. The van der Waals surface area contributed by atoms with Crippen molar-refractivity contribution in [2.45, 2.75) is 242 Å². The molecule has 11 heteroatoms. The predicted octanol–water partition coefficient (Wildman–Crippen LogP) is 5.94. The molecule has 0 spiro atoms. The largest absolute Gasteiger partial charge is 0.394 e. The summed E-state index contributed by atoms with van der Waals surface area (Å²) >= 11 is 0. The topological polar surface area (TPSA) is 189 Å². The van der Waals surface area contributed by atoms with Crippen LogP contribution in [-0.2, 0) is 14.3 Å². The van der Waals surface area contributed by atoms with Gasteiger partial charge in [-0.2, -0.15) is 0 Å². The van der Waals surface area contributed by atoms with Crippen LogP contribution < -0.4 is 5.32 Å². The molecule has 8 N–H and O–H groups in total. The minimum absolute atomic E-state index is 0.264. The Labute approximate surface area is 316 Å². The summed E-state index contributed by atoms with van der Waals surface area (Å²) in [5.41, 5.74) is 0. The number of hydrogen-bond acceptors (Lipinski definition) is 10. The summed E-state index contributed by atoms with van der Waals surface area (Å²) in [6, 6.07) is -1.16. The first-order chi connectivity index (χ1) is 25.2. The highest BCUT2D eigenvalue weighted by molar-refractivity contribution is 5.80. The van der Waals surface area contributed by atoms with Crippen molar-refractivity contribution in [2.75, 3.05) is 13.2 Å². The van der Waals surface area contributed by atoms with Crippen LogP contribution in [0.4, 0.5) is 0 Å². The predicted molar refractivity (Wildman–Crippen MR) is 206 cm³/mol. The Balaban J connectivity index is 2.50. The summed E-state index contributed by atoms with van der Waals surface area (Å²) in [5.74, 6) is -0.698. The highest BCUT2D eigenvalue weighted by Gasteiger charge is 2.44. The first-order valence-electron chi connectivity index (χ1n) is 21.4. The number of ether oxygens (including phenoxy) is 2. The molecule has 1 amide bonds. The molecule has 1 aliphatic heterocycles. The quantitative estimate of drug-likeness (QED) is 0.0360. The van der Waals surface area contributed by atoms with Gasteiger partial charge in [0.05, 0.1) is 25.4 Å². The van der Waals surface area contributed by atoms with Crippen molar-refractivity contribution in [1.82, 2.24) is 5.32 Å². The molecule has 1 rings (SSSR count). The molecule has 1 aliphatic rings. The number of carbonyl (C=O) groups is 1. The molecule has 0 bridgehead atoms. The Morgan fingerprint density at radius 3 is 1.42 bits per heavy atom. The molecule has 1 heterocycles. The number of aliphatic hydroxyl groups excluding tert-OH is 7. The lowest BCUT2D eigenvalue weighted by Crippen LogP contribution is -2.60. The lowest BCUT2D eigenvalue weighted by Gasteiger charge is -2.40. The summed E-state index contributed by atoms with van der Waals surface area (Å²) in [6.07, 6.45) is 18.7. The van der Waals surface area contributed by atoms with E-state index in [0.717, 1.165) is 38.5 Å². The Morgan fingerprint density at radius 1 is 0.596 bits per heavy atom. The van der Waals surface area contributed by atoms with Gasteiger partial charge in [-0.25, -0.2) is 0 Å². The summed E-state index contributed by atoms with van der Waals surface area (Å²) < 4.78 is 11.0. The number of hydrogen-bond donors (Lipinski definition) is 8. The van der Waals surface area contributed by atoms with Crippen molar-refractivity contribution < 1.29 is 50.0 Å². The second-order valence-electron chi connectivity index (χ2n) is 15.4. The standard InChI is InChI=1S/C41H81NO10/c1-3-5-7-9-11-13-15-16-17-18-19-21-22-24-26-28-33(44)36(46)32(31-51-41-39(49)38(48)37(47)35(30-43)52-41)42-40(50)34(45)29-27-25-23-20-14-12-10-8-6-4-2/h32-39,41,43-49H,3-31H2,1-2H3,(H,42,50). The van der Waals surface area contributed by atoms with Gasteiger partial charge in [-0.05, 0) is 12.8 Å². The van der Waals surface area contributed by atoms with Crippen LogP contribution >= 0.6 is 0 Å². The van der Waals surface area contributed by atoms with Crippen LogP contribution in [0.2, 0.25) is 0 Å². The van der Waals surface area contributed by atoms with Crippen LogP contribution in [0.1, 0.15) is 187 Å². The molecule has 1 saturated heterocycles. The Bertz CT molecular complexity index is 820. The zero-order valence-electron chi connectivity index (χ0n) is 33.1. The minimum Gasteiger partial charge on any atom is -0.394 e. The van der Waals surface area contributed by atoms with E-state index in [1.54, 1.807) is 0 Å². The molecule has 52 heavy (non-hydrogen) atoms. The lowest BCUT2D eigenvalue weighted by molar-refractivity contribution is -0.303. The van der Waals surface area contributed by atoms with E-state index in [4.69, 9.17) is 9.47 Å². The van der Waals surface area contributed by atoms with Gasteiger partial charge in [0.15, 0.2) is 6.29 Å². The van der Waals surface area contributed by atoms with E-state index >= 15 is 0 Å². The van der Waals surface area contributed by atoms with Gasteiger partial charge in [-0.15, -0.1) is 0 Å². The Kier molecular flexibility index (Phi) is 30.6. The molecule has 0 aromatic carbocycles. The summed E-state index contributed by atoms with van der Waals surface area (Å²) in [6.45, 7) is 3.41. The number of nitrogens with one attached hydrogen (secondary N) is 1. The average Bonchev–Trinajstić information content (AvgIpc) is 3.14. The van der Waals surface area contributed by atoms with Crippen LogP contribution in [0.3, 0.4) is 0 Å². The third-order valence-corrected chi connectivity index (χ3v) is 10.7. The zero-order valence-corrected chi connectivity index (χ0v) is 33.1. The van der Waals surface area contributed by atoms with Gasteiger partial charge in [-0.3, -0.25) is 4.79 Å². The fraction of sp³-hybridized carbons (Fsp3) is 0.976. The third-order valence-electron chi connectivity index (χ3n) is 10.7. The molecule has 1 fully saturated rings. The highest BCUT2D eigenvalue weighted by Crippen LogP contribution is 2.23. The van der Waals surface area contributed by atoms with Gasteiger partial charge >= 0.3 is 0 Å². The van der Waals surface area contributed by atoms with Crippen molar-refractivity contribution in [2.24, 2.45) is 0 Å².